The van der Waals surface area contributed by atoms with Gasteiger partial charge in [0, 0.05) is 23.8 Å². The molecule has 0 radical (unpaired) electrons. The number of imidazole rings is 1. The van der Waals surface area contributed by atoms with E-state index < -0.39 is 6.10 Å². The number of carbonyl (C=O) groups excluding carboxylic acids is 1. The van der Waals surface area contributed by atoms with Crippen LogP contribution >= 0.6 is 0 Å². The van der Waals surface area contributed by atoms with Gasteiger partial charge in [-0.25, -0.2) is 9.78 Å². The van der Waals surface area contributed by atoms with Gasteiger partial charge in [-0.05, 0) is 43.3 Å². The molecule has 0 saturated carbocycles. The lowest BCUT2D eigenvalue weighted by Gasteiger charge is -2.33. The summed E-state index contributed by atoms with van der Waals surface area (Å²) in [6.07, 6.45) is 1.12. The van der Waals surface area contributed by atoms with Crippen LogP contribution in [0.4, 0.5) is 11.4 Å². The molecular formula is C29H28N6O4. The maximum Gasteiger partial charge on any atom is 0.336 e. The van der Waals surface area contributed by atoms with Crippen LogP contribution in [-0.4, -0.2) is 58.8 Å². The first kappa shape index (κ1) is 24.6. The lowest BCUT2D eigenvalue weighted by atomic mass is 10.1. The minimum atomic E-state index is -0.636. The predicted molar refractivity (Wildman–Crippen MR) is 150 cm³/mol. The van der Waals surface area contributed by atoms with E-state index in [1.165, 1.54) is 7.11 Å². The fourth-order valence-electron chi connectivity index (χ4n) is 5.01. The second-order valence-corrected chi connectivity index (χ2v) is 9.49. The molecule has 2 aromatic carbocycles. The number of ether oxygens (including phenoxy) is 2. The Kier molecular flexibility index (Phi) is 6.45. The van der Waals surface area contributed by atoms with E-state index >= 15 is 0 Å². The smallest absolute Gasteiger partial charge is 0.336 e. The Labute approximate surface area is 224 Å². The standard InChI is InChI=1S/C29H28N6O4/c1-17(20-8-5-6-12-30-20)31-26-19-7-3-4-9-21(19)34-28(36)25(26)27-32-22-11-10-18(15-23(22)33-27)35-13-14-39-24(16-35)29(37)38-2/h3-12,15,17,24H,13-14,16H2,1-2H3,(H,32,33)(H2,31,34,36)/t17-,24?/m0/s1. The van der Waals surface area contributed by atoms with Crippen molar-refractivity contribution in [3.05, 3.63) is 82.9 Å². The molecule has 5 aromatic rings. The molecule has 0 aliphatic carbocycles. The third-order valence-corrected chi connectivity index (χ3v) is 7.01. The van der Waals surface area contributed by atoms with Crippen LogP contribution < -0.4 is 15.8 Å². The average Bonchev–Trinajstić information content (AvgIpc) is 3.40. The third-order valence-electron chi connectivity index (χ3n) is 7.01. The molecule has 10 nitrogen and oxygen atoms in total. The minimum absolute atomic E-state index is 0.157. The van der Waals surface area contributed by atoms with Crippen molar-refractivity contribution in [2.24, 2.45) is 0 Å². The van der Waals surface area contributed by atoms with Gasteiger partial charge in [0.05, 0.1) is 54.2 Å². The van der Waals surface area contributed by atoms with Gasteiger partial charge < -0.3 is 29.7 Å². The van der Waals surface area contributed by atoms with Crippen LogP contribution in [0.15, 0.2) is 71.7 Å². The number of hydrogen-bond donors (Lipinski definition) is 3. The lowest BCUT2D eigenvalue weighted by Crippen LogP contribution is -2.46. The second-order valence-electron chi connectivity index (χ2n) is 9.49. The van der Waals surface area contributed by atoms with Gasteiger partial charge in [0.25, 0.3) is 5.56 Å². The highest BCUT2D eigenvalue weighted by atomic mass is 16.6. The van der Waals surface area contributed by atoms with E-state index in [0.717, 1.165) is 33.3 Å². The maximum absolute atomic E-state index is 13.5. The molecule has 3 N–H and O–H groups in total. The molecule has 3 aromatic heterocycles. The van der Waals surface area contributed by atoms with E-state index in [2.05, 4.69) is 25.2 Å². The molecule has 1 aliphatic rings. The van der Waals surface area contributed by atoms with E-state index in [1.54, 1.807) is 6.20 Å². The molecule has 0 bridgehead atoms. The summed E-state index contributed by atoms with van der Waals surface area (Å²) in [6, 6.07) is 19.1. The Hall–Kier alpha value is -4.70. The topological polar surface area (TPSA) is 125 Å². The lowest BCUT2D eigenvalue weighted by molar-refractivity contribution is -0.154. The van der Waals surface area contributed by atoms with Gasteiger partial charge in [-0.2, -0.15) is 0 Å². The highest BCUT2D eigenvalue weighted by Gasteiger charge is 2.28. The van der Waals surface area contributed by atoms with Gasteiger partial charge in [0.15, 0.2) is 6.10 Å². The molecule has 10 heteroatoms. The van der Waals surface area contributed by atoms with Crippen molar-refractivity contribution in [2.45, 2.75) is 19.1 Å². The highest BCUT2D eigenvalue weighted by Crippen LogP contribution is 2.34. The van der Waals surface area contributed by atoms with Crippen LogP contribution in [0.1, 0.15) is 18.7 Å². The summed E-state index contributed by atoms with van der Waals surface area (Å²) in [5, 5.41) is 4.40. The predicted octanol–water partition coefficient (Wildman–Crippen LogP) is 4.02. The summed E-state index contributed by atoms with van der Waals surface area (Å²) in [4.78, 5) is 43.2. The molecule has 2 atom stereocenters. The molecule has 4 heterocycles. The Morgan fingerprint density at radius 3 is 2.79 bits per heavy atom. The molecule has 39 heavy (non-hydrogen) atoms. The van der Waals surface area contributed by atoms with E-state index in [-0.39, 0.29) is 17.6 Å². The maximum atomic E-state index is 13.5. The van der Waals surface area contributed by atoms with E-state index in [4.69, 9.17) is 14.5 Å². The third kappa shape index (κ3) is 4.70. The zero-order valence-electron chi connectivity index (χ0n) is 21.6. The van der Waals surface area contributed by atoms with Gasteiger partial charge in [-0.3, -0.25) is 9.78 Å². The molecule has 6 rings (SSSR count). The fourth-order valence-corrected chi connectivity index (χ4v) is 5.01. The first-order chi connectivity index (χ1) is 19.0. The largest absolute Gasteiger partial charge is 0.467 e. The van der Waals surface area contributed by atoms with Crippen molar-refractivity contribution >= 4 is 39.3 Å². The minimum Gasteiger partial charge on any atom is -0.467 e. The number of esters is 1. The molecule has 0 spiro atoms. The number of H-pyrrole nitrogens is 2. The highest BCUT2D eigenvalue weighted by molar-refractivity contribution is 5.99. The zero-order valence-corrected chi connectivity index (χ0v) is 21.6. The number of carbonyl (C=O) groups is 1. The monoisotopic (exact) mass is 524 g/mol. The molecule has 1 saturated heterocycles. The van der Waals surface area contributed by atoms with Crippen molar-refractivity contribution in [1.29, 1.82) is 0 Å². The summed E-state index contributed by atoms with van der Waals surface area (Å²) in [5.74, 6) is 0.0689. The number of pyridine rings is 2. The van der Waals surface area contributed by atoms with Crippen LogP contribution in [0.25, 0.3) is 33.3 Å². The summed E-state index contributed by atoms with van der Waals surface area (Å²) >= 11 is 0. The van der Waals surface area contributed by atoms with Gasteiger partial charge in [0.2, 0.25) is 0 Å². The normalized spacial score (nSPS) is 16.4. The Morgan fingerprint density at radius 2 is 1.97 bits per heavy atom. The number of hydrogen-bond acceptors (Lipinski definition) is 8. The van der Waals surface area contributed by atoms with Crippen LogP contribution in [0.5, 0.6) is 0 Å². The van der Waals surface area contributed by atoms with Crippen LogP contribution in [0.3, 0.4) is 0 Å². The van der Waals surface area contributed by atoms with Gasteiger partial charge in [0.1, 0.15) is 11.4 Å². The number of nitrogens with one attached hydrogen (secondary N) is 3. The number of fused-ring (bicyclic) bond motifs is 2. The van der Waals surface area contributed by atoms with Crippen molar-refractivity contribution in [3.63, 3.8) is 0 Å². The van der Waals surface area contributed by atoms with Crippen molar-refractivity contribution in [2.75, 3.05) is 37.0 Å². The van der Waals surface area contributed by atoms with Crippen molar-refractivity contribution in [3.8, 4) is 11.4 Å². The Morgan fingerprint density at radius 1 is 1.13 bits per heavy atom. The Bertz CT molecular complexity index is 1710. The molecule has 1 aliphatic heterocycles. The summed E-state index contributed by atoms with van der Waals surface area (Å²) in [7, 11) is 1.36. The molecule has 198 valence electrons. The summed E-state index contributed by atoms with van der Waals surface area (Å²) in [6.45, 7) is 3.46. The number of rotatable bonds is 6. The first-order valence-electron chi connectivity index (χ1n) is 12.8. The fraction of sp³-hybridized carbons (Fsp3) is 0.241. The SMILES string of the molecule is COC(=O)C1CN(c2ccc3nc(-c4c(N[C@@H](C)c5ccccn5)c5ccccc5[nH]c4=O)[nH]c3c2)CCO1. The molecular weight excluding hydrogens is 496 g/mol. The zero-order chi connectivity index (χ0) is 26.9. The number of methoxy groups -OCH3 is 1. The van der Waals surface area contributed by atoms with Crippen LogP contribution in [0.2, 0.25) is 0 Å². The molecule has 1 unspecified atom stereocenters. The van der Waals surface area contributed by atoms with Crippen LogP contribution in [0, 0.1) is 0 Å². The quantitative estimate of drug-likeness (QED) is 0.285. The van der Waals surface area contributed by atoms with E-state index in [0.29, 0.717) is 36.8 Å². The van der Waals surface area contributed by atoms with Crippen molar-refractivity contribution in [1.82, 2.24) is 19.9 Å². The summed E-state index contributed by atoms with van der Waals surface area (Å²) in [5.41, 5.74) is 4.86. The number of nitrogens with zero attached hydrogens (tertiary/aromatic N) is 3. The van der Waals surface area contributed by atoms with Gasteiger partial charge >= 0.3 is 5.97 Å². The average molecular weight is 525 g/mol. The van der Waals surface area contributed by atoms with E-state index in [1.807, 2.05) is 67.6 Å². The number of anilines is 2. The van der Waals surface area contributed by atoms with Gasteiger partial charge in [-0.15, -0.1) is 0 Å². The first-order valence-corrected chi connectivity index (χ1v) is 12.8. The number of aromatic amines is 2. The Balaban J connectivity index is 1.41. The number of benzene rings is 2. The van der Waals surface area contributed by atoms with Crippen LogP contribution in [-0.2, 0) is 14.3 Å². The molecule has 1 fully saturated rings. The number of para-hydroxylation sites is 1. The number of morpholine rings is 1. The number of aromatic nitrogens is 4. The molecule has 0 amide bonds. The van der Waals surface area contributed by atoms with Crippen molar-refractivity contribution < 1.29 is 14.3 Å². The second kappa shape index (κ2) is 10.2. The summed E-state index contributed by atoms with van der Waals surface area (Å²) < 4.78 is 10.4. The van der Waals surface area contributed by atoms with E-state index in [9.17, 15) is 9.59 Å². The van der Waals surface area contributed by atoms with Gasteiger partial charge in [-0.1, -0.05) is 24.3 Å².